The van der Waals surface area contributed by atoms with Crippen molar-refractivity contribution in [3.8, 4) is 12.1 Å². The second-order valence-electron chi connectivity index (χ2n) is 6.78. The van der Waals surface area contributed by atoms with Crippen LogP contribution in [-0.4, -0.2) is 21.1 Å². The van der Waals surface area contributed by atoms with Crippen molar-refractivity contribution in [1.29, 1.82) is 10.5 Å². The van der Waals surface area contributed by atoms with Crippen LogP contribution in [0.5, 0.6) is 0 Å². The van der Waals surface area contributed by atoms with E-state index in [0.29, 0.717) is 17.7 Å². The summed E-state index contributed by atoms with van der Waals surface area (Å²) < 4.78 is 1.61. The average molecular weight is 321 g/mol. The number of hydrogen-bond donors (Lipinski definition) is 0. The first kappa shape index (κ1) is 17.4. The fourth-order valence-corrected chi connectivity index (χ4v) is 2.47. The van der Waals surface area contributed by atoms with E-state index in [0.717, 1.165) is 17.4 Å². The molecule has 122 valence electrons. The molecule has 0 amide bonds. The lowest BCUT2D eigenvalue weighted by Crippen LogP contribution is -2.22. The molecule has 0 aliphatic rings. The van der Waals surface area contributed by atoms with E-state index in [1.54, 1.807) is 30.9 Å². The lowest BCUT2D eigenvalue weighted by molar-refractivity contribution is 0.112. The summed E-state index contributed by atoms with van der Waals surface area (Å²) in [7, 11) is 0. The lowest BCUT2D eigenvalue weighted by atomic mass is 9.76. The van der Waals surface area contributed by atoms with Crippen molar-refractivity contribution in [3.63, 3.8) is 0 Å². The number of rotatable bonds is 5. The molecule has 0 aliphatic heterocycles. The Labute approximate surface area is 141 Å². The minimum Gasteiger partial charge on any atom is -0.298 e. The average Bonchev–Trinajstić information content (AvgIpc) is 3.07. The van der Waals surface area contributed by atoms with Crippen molar-refractivity contribution in [2.45, 2.75) is 45.1 Å². The van der Waals surface area contributed by atoms with Crippen LogP contribution in [0.2, 0.25) is 0 Å². The van der Waals surface area contributed by atoms with Crippen molar-refractivity contribution < 1.29 is 4.79 Å². The predicted molar refractivity (Wildman–Crippen MR) is 88.2 cm³/mol. The first-order chi connectivity index (χ1) is 11.2. The fraction of sp³-hybridized carbons (Fsp3) is 0.389. The summed E-state index contributed by atoms with van der Waals surface area (Å²) in [5.74, 6) is 0. The van der Waals surface area contributed by atoms with Crippen LogP contribution in [0.25, 0.3) is 0 Å². The molecule has 0 saturated carbocycles. The maximum Gasteiger partial charge on any atom is 0.150 e. The van der Waals surface area contributed by atoms with Gasteiger partial charge in [0, 0.05) is 5.56 Å². The maximum atomic E-state index is 11.8. The Bertz CT molecular complexity index is 836. The van der Waals surface area contributed by atoms with E-state index in [4.69, 9.17) is 0 Å². The monoisotopic (exact) mass is 321 g/mol. The number of nitriles is 2. The molecule has 1 aromatic carbocycles. The highest BCUT2D eigenvalue weighted by atomic mass is 16.1. The van der Waals surface area contributed by atoms with Crippen molar-refractivity contribution in [3.05, 3.63) is 47.0 Å². The van der Waals surface area contributed by atoms with E-state index in [1.807, 2.05) is 19.9 Å². The zero-order valence-electron chi connectivity index (χ0n) is 14.2. The smallest absolute Gasteiger partial charge is 0.150 e. The first-order valence-electron chi connectivity index (χ1n) is 7.53. The largest absolute Gasteiger partial charge is 0.298 e. The summed E-state index contributed by atoms with van der Waals surface area (Å²) in [4.78, 5) is 15.7. The van der Waals surface area contributed by atoms with E-state index in [9.17, 15) is 15.3 Å². The van der Waals surface area contributed by atoms with E-state index in [-0.39, 0.29) is 0 Å². The quantitative estimate of drug-likeness (QED) is 0.789. The number of aldehydes is 1. The maximum absolute atomic E-state index is 11.8. The molecule has 24 heavy (non-hydrogen) atoms. The molecular formula is C18H19N5O. The highest BCUT2D eigenvalue weighted by Crippen LogP contribution is 2.33. The molecule has 1 aromatic heterocycles. The Kier molecular flexibility index (Phi) is 4.52. The number of aromatic nitrogens is 3. The van der Waals surface area contributed by atoms with Gasteiger partial charge in [-0.15, -0.1) is 0 Å². The molecule has 0 aliphatic carbocycles. The molecule has 0 radical (unpaired) electrons. The SMILES string of the molecule is CC(C)(C#N)c1cc(Cn2cncn2)c(C=O)c(C(C)(C)C#N)c1. The van der Waals surface area contributed by atoms with Gasteiger partial charge in [0.1, 0.15) is 12.7 Å². The molecule has 2 aromatic rings. The standard InChI is InChI=1S/C18H19N5O/c1-17(2,9-19)14-5-13(7-23-12-21-11-22-23)15(8-24)16(6-14)18(3,4)10-20/h5-6,8,11-12H,7H2,1-4H3. The highest BCUT2D eigenvalue weighted by molar-refractivity contribution is 5.81. The Morgan fingerprint density at radius 1 is 1.17 bits per heavy atom. The molecule has 0 saturated heterocycles. The fourth-order valence-electron chi connectivity index (χ4n) is 2.47. The topological polar surface area (TPSA) is 95.4 Å². The van der Waals surface area contributed by atoms with Gasteiger partial charge in [-0.2, -0.15) is 15.6 Å². The molecule has 1 heterocycles. The molecule has 0 bridgehead atoms. The molecule has 0 N–H and O–H groups in total. The van der Waals surface area contributed by atoms with Crippen LogP contribution in [0.15, 0.2) is 24.8 Å². The van der Waals surface area contributed by atoms with Gasteiger partial charge in [-0.3, -0.25) is 4.79 Å². The lowest BCUT2D eigenvalue weighted by Gasteiger charge is -2.25. The molecule has 0 spiro atoms. The summed E-state index contributed by atoms with van der Waals surface area (Å²) >= 11 is 0. The summed E-state index contributed by atoms with van der Waals surface area (Å²) in [5.41, 5.74) is 0.984. The van der Waals surface area contributed by atoms with Crippen LogP contribution < -0.4 is 0 Å². The Balaban J connectivity index is 2.75. The van der Waals surface area contributed by atoms with Gasteiger partial charge in [-0.25, -0.2) is 9.67 Å². The summed E-state index contributed by atoms with van der Waals surface area (Å²) in [6, 6.07) is 8.14. The zero-order chi connectivity index (χ0) is 18.0. The van der Waals surface area contributed by atoms with Crippen LogP contribution in [0.3, 0.4) is 0 Å². The minimum atomic E-state index is -0.852. The number of hydrogen-bond acceptors (Lipinski definition) is 5. The van der Waals surface area contributed by atoms with E-state index >= 15 is 0 Å². The van der Waals surface area contributed by atoms with Gasteiger partial charge in [-0.1, -0.05) is 12.1 Å². The van der Waals surface area contributed by atoms with Crippen LogP contribution >= 0.6 is 0 Å². The van der Waals surface area contributed by atoms with Gasteiger partial charge in [0.15, 0.2) is 6.29 Å². The molecule has 6 heteroatoms. The van der Waals surface area contributed by atoms with Crippen LogP contribution in [0.1, 0.15) is 54.7 Å². The van der Waals surface area contributed by atoms with Crippen molar-refractivity contribution in [2.75, 3.05) is 0 Å². The second-order valence-corrected chi connectivity index (χ2v) is 6.78. The van der Waals surface area contributed by atoms with Crippen LogP contribution in [-0.2, 0) is 17.4 Å². The normalized spacial score (nSPS) is 11.6. The Morgan fingerprint density at radius 2 is 1.83 bits per heavy atom. The van der Waals surface area contributed by atoms with Crippen LogP contribution in [0.4, 0.5) is 0 Å². The first-order valence-corrected chi connectivity index (χ1v) is 7.53. The second kappa shape index (κ2) is 6.25. The predicted octanol–water partition coefficient (Wildman–Crippen LogP) is 2.74. The van der Waals surface area contributed by atoms with Gasteiger partial charge in [-0.05, 0) is 44.4 Å². The van der Waals surface area contributed by atoms with Gasteiger partial charge in [0.2, 0.25) is 0 Å². The molecule has 6 nitrogen and oxygen atoms in total. The third-order valence-electron chi connectivity index (χ3n) is 4.14. The van der Waals surface area contributed by atoms with Crippen LogP contribution in [0, 0.1) is 22.7 Å². The van der Waals surface area contributed by atoms with Crippen molar-refractivity contribution >= 4 is 6.29 Å². The summed E-state index contributed by atoms with van der Waals surface area (Å²) in [5, 5.41) is 23.0. The zero-order valence-corrected chi connectivity index (χ0v) is 14.2. The molecule has 2 rings (SSSR count). The van der Waals surface area contributed by atoms with Gasteiger partial charge in [0.05, 0.1) is 29.5 Å². The van der Waals surface area contributed by atoms with Crippen molar-refractivity contribution in [2.24, 2.45) is 0 Å². The van der Waals surface area contributed by atoms with Gasteiger partial charge < -0.3 is 0 Å². The molecule has 0 fully saturated rings. The Hall–Kier alpha value is -2.99. The van der Waals surface area contributed by atoms with Gasteiger partial charge in [0.25, 0.3) is 0 Å². The highest BCUT2D eigenvalue weighted by Gasteiger charge is 2.29. The van der Waals surface area contributed by atoms with E-state index in [1.165, 1.54) is 6.33 Å². The van der Waals surface area contributed by atoms with E-state index in [2.05, 4.69) is 22.2 Å². The third kappa shape index (κ3) is 3.18. The molecular weight excluding hydrogens is 302 g/mol. The number of carbonyl (C=O) groups excluding carboxylic acids is 1. The van der Waals surface area contributed by atoms with E-state index < -0.39 is 10.8 Å². The Morgan fingerprint density at radius 3 is 2.33 bits per heavy atom. The van der Waals surface area contributed by atoms with Gasteiger partial charge >= 0.3 is 0 Å². The number of nitrogens with zero attached hydrogens (tertiary/aromatic N) is 5. The molecule has 0 atom stereocenters. The molecule has 0 unspecified atom stereocenters. The summed E-state index contributed by atoms with van der Waals surface area (Å²) in [6.07, 6.45) is 3.75. The minimum absolute atomic E-state index is 0.345. The number of benzene rings is 1. The number of carbonyl (C=O) groups is 1. The third-order valence-corrected chi connectivity index (χ3v) is 4.14. The van der Waals surface area contributed by atoms with Crippen molar-refractivity contribution in [1.82, 2.24) is 14.8 Å². The summed E-state index contributed by atoms with van der Waals surface area (Å²) in [6.45, 7) is 7.49.